The average molecular weight is 566 g/mol. The Bertz CT molecular complexity index is 1290. The Morgan fingerprint density at radius 2 is 1.95 bits per heavy atom. The van der Waals surface area contributed by atoms with Gasteiger partial charge >= 0.3 is 11.9 Å². The van der Waals surface area contributed by atoms with E-state index in [0.717, 1.165) is 6.42 Å². The Morgan fingerprint density at radius 1 is 1.26 bits per heavy atom. The van der Waals surface area contributed by atoms with Crippen molar-refractivity contribution in [1.29, 1.82) is 0 Å². The topological polar surface area (TPSA) is 146 Å². The Kier molecular flexibility index (Phi) is 8.73. The largest absolute Gasteiger partial charge is 0.493 e. The lowest BCUT2D eigenvalue weighted by Gasteiger charge is -2.38. The standard InChI is InChI=1S/C25H36N6O7S/c1-6-8-21-26-16(3)22-24(33)27-23(31(30(21)22)38-25(34)17(4)32)19-15-18(9-10-20(19)37-7-2)39(35,36)29-13-11-28(5)12-14-29/h9-10,15,17,23,32H,6-8,11-14H2,1-5H3,(H,27,33)/p+1. The number of aliphatic hydroxyl groups is 1. The van der Waals surface area contributed by atoms with Crippen molar-refractivity contribution >= 4 is 27.7 Å². The number of likely N-dealkylation sites (N-methyl/N-ethyl adjacent to an activating group) is 1. The summed E-state index contributed by atoms with van der Waals surface area (Å²) in [6, 6.07) is 4.46. The molecule has 2 saturated heterocycles. The number of piperazine rings is 1. The number of ether oxygens (including phenoxy) is 1. The Labute approximate surface area is 228 Å². The molecule has 0 radical (unpaired) electrons. The van der Waals surface area contributed by atoms with Crippen LogP contribution in [0.1, 0.15) is 52.3 Å². The summed E-state index contributed by atoms with van der Waals surface area (Å²) in [7, 11) is -1.92. The molecule has 0 spiro atoms. The highest BCUT2D eigenvalue weighted by atomic mass is 32.2. The maximum Gasteiger partial charge on any atom is 0.359 e. The number of amides is 1. The number of hydrogen-bond acceptors (Lipinski definition) is 10. The molecule has 1 aromatic rings. The second kappa shape index (κ2) is 11.7. The van der Waals surface area contributed by atoms with Gasteiger partial charge in [0.15, 0.2) is 6.10 Å². The first-order valence-corrected chi connectivity index (χ1v) is 14.5. The van der Waals surface area contributed by atoms with Gasteiger partial charge in [0, 0.05) is 38.2 Å². The summed E-state index contributed by atoms with van der Waals surface area (Å²) in [5.74, 6) is -0.513. The number of fused-ring (bicyclic) bond motifs is 1. The van der Waals surface area contributed by atoms with Gasteiger partial charge in [-0.15, -0.1) is 5.01 Å². The van der Waals surface area contributed by atoms with E-state index in [9.17, 15) is 23.1 Å². The number of aliphatic hydroxyl groups excluding tert-OH is 1. The molecule has 4 rings (SSSR count). The zero-order valence-corrected chi connectivity index (χ0v) is 23.7. The fraction of sp³-hybridized carbons (Fsp3) is 0.560. The van der Waals surface area contributed by atoms with Crippen LogP contribution in [0.25, 0.3) is 0 Å². The Hall–Kier alpha value is -2.88. The molecule has 0 bridgehead atoms. The molecule has 2 fully saturated rings. The minimum Gasteiger partial charge on any atom is -0.493 e. The van der Waals surface area contributed by atoms with E-state index in [-0.39, 0.29) is 22.8 Å². The van der Waals surface area contributed by atoms with Crippen LogP contribution in [0.3, 0.4) is 0 Å². The third-order valence-electron chi connectivity index (χ3n) is 6.82. The van der Waals surface area contributed by atoms with Crippen LogP contribution in [-0.4, -0.2) is 91.6 Å². The van der Waals surface area contributed by atoms with Gasteiger partial charge < -0.3 is 24.9 Å². The van der Waals surface area contributed by atoms with E-state index in [4.69, 9.17) is 9.57 Å². The number of nitrogens with zero attached hydrogens (tertiary/aromatic N) is 4. The van der Waals surface area contributed by atoms with E-state index in [0.29, 0.717) is 54.9 Å². The van der Waals surface area contributed by atoms with Crippen molar-refractivity contribution in [3.05, 3.63) is 35.2 Å². The molecule has 0 aromatic heterocycles. The van der Waals surface area contributed by atoms with Crippen LogP contribution in [0.4, 0.5) is 0 Å². The Balaban J connectivity index is 1.82. The van der Waals surface area contributed by atoms with Crippen LogP contribution in [0, 0.1) is 0 Å². The van der Waals surface area contributed by atoms with Gasteiger partial charge in [-0.1, -0.05) is 6.92 Å². The molecule has 3 unspecified atom stereocenters. The molecule has 3 atom stereocenters. The number of carbonyl (C=O) groups excluding carboxylic acids is 2. The van der Waals surface area contributed by atoms with Crippen molar-refractivity contribution < 1.29 is 37.7 Å². The number of nitrogens with one attached hydrogen (secondary N) is 2. The highest BCUT2D eigenvalue weighted by Gasteiger charge is 2.52. The van der Waals surface area contributed by atoms with Gasteiger partial charge in [0.2, 0.25) is 27.7 Å². The molecule has 1 aromatic carbocycles. The predicted octanol–water partition coefficient (Wildman–Crippen LogP) is -0.466. The molecular weight excluding hydrogens is 528 g/mol. The molecule has 3 aliphatic rings. The molecule has 14 heteroatoms. The molecule has 0 saturated carbocycles. The van der Waals surface area contributed by atoms with E-state index in [1.165, 1.54) is 28.5 Å². The third kappa shape index (κ3) is 5.71. The van der Waals surface area contributed by atoms with Crippen LogP contribution >= 0.6 is 0 Å². The maximum absolute atomic E-state index is 13.6. The number of benzene rings is 1. The summed E-state index contributed by atoms with van der Waals surface area (Å²) in [6.45, 7) is 8.90. The number of sulfonamides is 1. The van der Waals surface area contributed by atoms with Crippen molar-refractivity contribution in [2.24, 2.45) is 4.99 Å². The Morgan fingerprint density at radius 3 is 2.56 bits per heavy atom. The summed E-state index contributed by atoms with van der Waals surface area (Å²) in [4.78, 5) is 38.3. The van der Waals surface area contributed by atoms with E-state index in [2.05, 4.69) is 15.2 Å². The molecule has 1 amide bonds. The van der Waals surface area contributed by atoms with Gasteiger partial charge in [-0.05, 0) is 52.4 Å². The van der Waals surface area contributed by atoms with Crippen LogP contribution in [0.15, 0.2) is 39.5 Å². The number of hydroxylamine groups is 1. The maximum atomic E-state index is 13.6. The zero-order valence-electron chi connectivity index (χ0n) is 22.9. The summed E-state index contributed by atoms with van der Waals surface area (Å²) in [5.41, 5.74) is 1.01. The van der Waals surface area contributed by atoms with Gasteiger partial charge in [0.05, 0.1) is 16.7 Å². The van der Waals surface area contributed by atoms with Crippen LogP contribution in [0.5, 0.6) is 5.75 Å². The van der Waals surface area contributed by atoms with Gasteiger partial charge in [-0.2, -0.15) is 9.30 Å². The molecule has 3 heterocycles. The molecule has 3 N–H and O–H groups in total. The molecule has 3 aliphatic heterocycles. The lowest BCUT2D eigenvalue weighted by Crippen LogP contribution is -3.20. The number of rotatable bonds is 9. The minimum absolute atomic E-state index is 0.0259. The monoisotopic (exact) mass is 565 g/mol. The first-order valence-electron chi connectivity index (χ1n) is 13.1. The van der Waals surface area contributed by atoms with E-state index < -0.39 is 34.2 Å². The third-order valence-corrected chi connectivity index (χ3v) is 8.71. The normalized spacial score (nSPS) is 23.7. The van der Waals surface area contributed by atoms with Crippen LogP contribution in [0.2, 0.25) is 0 Å². The first-order chi connectivity index (χ1) is 18.5. The van der Waals surface area contributed by atoms with Crippen molar-refractivity contribution in [2.75, 3.05) is 39.8 Å². The highest BCUT2D eigenvalue weighted by molar-refractivity contribution is 7.89. The van der Waals surface area contributed by atoms with Gasteiger partial charge in [0.25, 0.3) is 0 Å². The predicted molar refractivity (Wildman–Crippen MR) is 140 cm³/mol. The van der Waals surface area contributed by atoms with Gasteiger partial charge in [-0.3, -0.25) is 4.79 Å². The minimum atomic E-state index is -3.86. The van der Waals surface area contributed by atoms with Gasteiger partial charge in [-0.25, -0.2) is 13.2 Å². The van der Waals surface area contributed by atoms with Crippen molar-refractivity contribution in [3.63, 3.8) is 0 Å². The first kappa shape index (κ1) is 29.1. The summed E-state index contributed by atoms with van der Waals surface area (Å²) >= 11 is 0. The van der Waals surface area contributed by atoms with Gasteiger partial charge in [0.1, 0.15) is 11.4 Å². The number of allylic oxidation sites excluding steroid dienone is 1. The van der Waals surface area contributed by atoms with Crippen molar-refractivity contribution in [1.82, 2.24) is 19.7 Å². The van der Waals surface area contributed by atoms with Crippen LogP contribution < -0.4 is 15.1 Å². The van der Waals surface area contributed by atoms with E-state index in [1.54, 1.807) is 19.9 Å². The van der Waals surface area contributed by atoms with Crippen molar-refractivity contribution in [3.8, 4) is 5.75 Å². The average Bonchev–Trinajstić information content (AvgIpc) is 3.22. The molecule has 39 heavy (non-hydrogen) atoms. The number of quaternary nitrogens is 1. The number of carbonyl (C=O) groups is 2. The van der Waals surface area contributed by atoms with E-state index in [1.807, 2.05) is 14.0 Å². The number of hydrogen-bond donors (Lipinski definition) is 3. The number of aliphatic imine (C=N–C) groups is 1. The molecule has 0 aliphatic carbocycles. The fourth-order valence-corrected chi connectivity index (χ4v) is 6.23. The lowest BCUT2D eigenvalue weighted by molar-refractivity contribution is -0.950. The summed E-state index contributed by atoms with van der Waals surface area (Å²) in [5, 5.41) is 14.3. The summed E-state index contributed by atoms with van der Waals surface area (Å²) in [6.07, 6.45) is -1.36. The smallest absolute Gasteiger partial charge is 0.359 e. The van der Waals surface area contributed by atoms with E-state index >= 15 is 0 Å². The highest BCUT2D eigenvalue weighted by Crippen LogP contribution is 2.33. The molecule has 13 nitrogen and oxygen atoms in total. The SMILES string of the molecule is CCCC1=NC(C)=C2C(=O)NC(c3cc(S(=O)(=O)N4CCN(C)CC4)ccc3OCC)N(OC(=O)C(C)O)[NH+]12. The lowest BCUT2D eigenvalue weighted by atomic mass is 10.1. The quantitative estimate of drug-likeness (QED) is 0.362. The molecule has 214 valence electrons. The summed E-state index contributed by atoms with van der Waals surface area (Å²) < 4.78 is 34.4. The second-order valence-corrected chi connectivity index (χ2v) is 11.7. The van der Waals surface area contributed by atoms with Crippen molar-refractivity contribution in [2.45, 2.75) is 57.7 Å². The second-order valence-electron chi connectivity index (χ2n) is 9.75. The fourth-order valence-electron chi connectivity index (χ4n) is 4.77. The number of amidine groups is 1. The van der Waals surface area contributed by atoms with Crippen LogP contribution in [-0.2, 0) is 24.4 Å². The zero-order chi connectivity index (χ0) is 28.5. The molecular formula is C25H37N6O7S+.